The molecule has 3 N–H and O–H groups in total. The maximum atomic E-state index is 13.3. The minimum Gasteiger partial charge on any atom is -0.435 e. The number of ether oxygens (including phenoxy) is 1. The monoisotopic (exact) mass is 285 g/mol. The number of nitrogens with one attached hydrogen (secondary N) is 1. The summed E-state index contributed by atoms with van der Waals surface area (Å²) in [5.74, 6) is 0.162. The number of halogens is 2. The van der Waals surface area contributed by atoms with Crippen molar-refractivity contribution in [3.05, 3.63) is 34.2 Å². The van der Waals surface area contributed by atoms with Gasteiger partial charge in [0.05, 0.1) is 10.2 Å². The molecular formula is C10H9BrFN3O. The molecule has 84 valence electrons. The Labute approximate surface area is 99.7 Å². The van der Waals surface area contributed by atoms with Crippen LogP contribution in [0.1, 0.15) is 5.69 Å². The van der Waals surface area contributed by atoms with Gasteiger partial charge in [0.25, 0.3) is 0 Å². The van der Waals surface area contributed by atoms with Gasteiger partial charge in [0, 0.05) is 17.8 Å². The smallest absolute Gasteiger partial charge is 0.238 e. The van der Waals surface area contributed by atoms with Crippen molar-refractivity contribution in [2.24, 2.45) is 0 Å². The van der Waals surface area contributed by atoms with E-state index >= 15 is 0 Å². The summed E-state index contributed by atoms with van der Waals surface area (Å²) in [5.41, 5.74) is 6.88. The standard InChI is InChI=1S/C10H9BrFN3O/c1-5-2-10(15-14-5)16-9-4-7(12)6(11)3-8(9)13/h2-4H,13H2,1H3,(H,14,15). The first-order chi connectivity index (χ1) is 7.56. The number of aromatic amines is 1. The molecule has 0 saturated heterocycles. The SMILES string of the molecule is Cc1cc(Oc2cc(F)c(Br)cc2N)n[nH]1. The number of H-pyrrole nitrogens is 1. The topological polar surface area (TPSA) is 63.9 Å². The second-order valence-electron chi connectivity index (χ2n) is 3.30. The summed E-state index contributed by atoms with van der Waals surface area (Å²) < 4.78 is 18.9. The van der Waals surface area contributed by atoms with Gasteiger partial charge in [0.1, 0.15) is 5.82 Å². The van der Waals surface area contributed by atoms with Crippen LogP contribution in [-0.2, 0) is 0 Å². The summed E-state index contributed by atoms with van der Waals surface area (Å²) >= 11 is 3.04. The average molecular weight is 286 g/mol. The van der Waals surface area contributed by atoms with Crippen molar-refractivity contribution < 1.29 is 9.13 Å². The number of benzene rings is 1. The molecule has 0 fully saturated rings. The fraction of sp³-hybridized carbons (Fsp3) is 0.100. The van der Waals surface area contributed by atoms with Crippen molar-refractivity contribution in [3.8, 4) is 11.6 Å². The molecule has 0 bridgehead atoms. The number of aryl methyl sites for hydroxylation is 1. The second kappa shape index (κ2) is 4.13. The number of nitrogens with two attached hydrogens (primary N) is 1. The van der Waals surface area contributed by atoms with E-state index in [4.69, 9.17) is 10.5 Å². The quantitative estimate of drug-likeness (QED) is 0.834. The average Bonchev–Trinajstić information content (AvgIpc) is 2.60. The maximum Gasteiger partial charge on any atom is 0.238 e. The summed E-state index contributed by atoms with van der Waals surface area (Å²) in [6.45, 7) is 1.84. The van der Waals surface area contributed by atoms with Crippen molar-refractivity contribution in [2.75, 3.05) is 5.73 Å². The number of nitrogen functional groups attached to an aromatic ring is 1. The molecule has 0 aliphatic carbocycles. The summed E-state index contributed by atoms with van der Waals surface area (Å²) in [6.07, 6.45) is 0. The van der Waals surface area contributed by atoms with Gasteiger partial charge in [-0.3, -0.25) is 5.10 Å². The lowest BCUT2D eigenvalue weighted by Crippen LogP contribution is -1.94. The number of rotatable bonds is 2. The molecule has 0 radical (unpaired) electrons. The Hall–Kier alpha value is -1.56. The molecule has 1 heterocycles. The maximum absolute atomic E-state index is 13.3. The van der Waals surface area contributed by atoms with Gasteiger partial charge in [-0.05, 0) is 28.9 Å². The van der Waals surface area contributed by atoms with Gasteiger partial charge < -0.3 is 10.5 Å². The normalized spacial score (nSPS) is 10.4. The van der Waals surface area contributed by atoms with Crippen LogP contribution in [0.25, 0.3) is 0 Å². The van der Waals surface area contributed by atoms with Crippen LogP contribution in [0.3, 0.4) is 0 Å². The lowest BCUT2D eigenvalue weighted by molar-refractivity contribution is 0.458. The van der Waals surface area contributed by atoms with Gasteiger partial charge in [-0.1, -0.05) is 0 Å². The van der Waals surface area contributed by atoms with E-state index in [0.29, 0.717) is 16.0 Å². The lowest BCUT2D eigenvalue weighted by Gasteiger charge is -2.06. The van der Waals surface area contributed by atoms with Crippen LogP contribution >= 0.6 is 15.9 Å². The van der Waals surface area contributed by atoms with Gasteiger partial charge in [0.2, 0.25) is 5.88 Å². The molecule has 1 aromatic carbocycles. The third-order valence-electron chi connectivity index (χ3n) is 1.95. The van der Waals surface area contributed by atoms with Crippen molar-refractivity contribution in [3.63, 3.8) is 0 Å². The Kier molecular flexibility index (Phi) is 2.82. The number of hydrogen-bond acceptors (Lipinski definition) is 3. The second-order valence-corrected chi connectivity index (χ2v) is 4.15. The predicted octanol–water partition coefficient (Wildman–Crippen LogP) is 2.99. The molecule has 0 aliphatic heterocycles. The summed E-state index contributed by atoms with van der Waals surface area (Å²) in [6, 6.07) is 4.35. The van der Waals surface area contributed by atoms with E-state index in [1.54, 1.807) is 6.07 Å². The van der Waals surface area contributed by atoms with E-state index in [1.165, 1.54) is 12.1 Å². The van der Waals surface area contributed by atoms with Crippen molar-refractivity contribution in [2.45, 2.75) is 6.92 Å². The van der Waals surface area contributed by atoms with Crippen molar-refractivity contribution in [1.82, 2.24) is 10.2 Å². The van der Waals surface area contributed by atoms with Crippen LogP contribution in [0.5, 0.6) is 11.6 Å². The minimum absolute atomic E-state index is 0.243. The van der Waals surface area contributed by atoms with Crippen LogP contribution in [-0.4, -0.2) is 10.2 Å². The van der Waals surface area contributed by atoms with Crippen LogP contribution < -0.4 is 10.5 Å². The molecule has 2 aromatic rings. The lowest BCUT2D eigenvalue weighted by atomic mass is 10.3. The molecule has 6 heteroatoms. The number of anilines is 1. The number of aromatic nitrogens is 2. The van der Waals surface area contributed by atoms with E-state index in [0.717, 1.165) is 5.69 Å². The molecule has 2 rings (SSSR count). The largest absolute Gasteiger partial charge is 0.435 e. The molecule has 0 amide bonds. The van der Waals surface area contributed by atoms with Gasteiger partial charge in [-0.2, -0.15) is 0 Å². The third-order valence-corrected chi connectivity index (χ3v) is 2.56. The van der Waals surface area contributed by atoms with Crippen LogP contribution in [0.2, 0.25) is 0 Å². The van der Waals surface area contributed by atoms with Crippen LogP contribution in [0.15, 0.2) is 22.7 Å². The van der Waals surface area contributed by atoms with E-state index in [2.05, 4.69) is 26.1 Å². The van der Waals surface area contributed by atoms with Gasteiger partial charge in [0.15, 0.2) is 5.75 Å². The first-order valence-corrected chi connectivity index (χ1v) is 5.30. The first kappa shape index (κ1) is 10.9. The first-order valence-electron chi connectivity index (χ1n) is 4.50. The highest BCUT2D eigenvalue weighted by molar-refractivity contribution is 9.10. The molecule has 0 saturated carbocycles. The van der Waals surface area contributed by atoms with Gasteiger partial charge in [-0.25, -0.2) is 4.39 Å². The number of hydrogen-bond donors (Lipinski definition) is 2. The van der Waals surface area contributed by atoms with E-state index < -0.39 is 5.82 Å². The fourth-order valence-corrected chi connectivity index (χ4v) is 1.55. The molecule has 0 spiro atoms. The van der Waals surface area contributed by atoms with Gasteiger partial charge >= 0.3 is 0 Å². The minimum atomic E-state index is -0.434. The van der Waals surface area contributed by atoms with Crippen LogP contribution in [0, 0.1) is 12.7 Å². The third kappa shape index (κ3) is 2.16. The zero-order chi connectivity index (χ0) is 11.7. The fourth-order valence-electron chi connectivity index (χ4n) is 1.19. The zero-order valence-electron chi connectivity index (χ0n) is 8.42. The van der Waals surface area contributed by atoms with Crippen molar-refractivity contribution >= 4 is 21.6 Å². The van der Waals surface area contributed by atoms with E-state index in [1.807, 2.05) is 6.92 Å². The molecular weight excluding hydrogens is 277 g/mol. The Morgan fingerprint density at radius 2 is 2.19 bits per heavy atom. The Morgan fingerprint density at radius 3 is 2.81 bits per heavy atom. The molecule has 1 aromatic heterocycles. The summed E-state index contributed by atoms with van der Waals surface area (Å²) in [4.78, 5) is 0. The molecule has 0 atom stereocenters. The van der Waals surface area contributed by atoms with Crippen molar-refractivity contribution in [1.29, 1.82) is 0 Å². The van der Waals surface area contributed by atoms with E-state index in [-0.39, 0.29) is 5.75 Å². The Morgan fingerprint density at radius 1 is 1.44 bits per heavy atom. The van der Waals surface area contributed by atoms with Crippen LogP contribution in [0.4, 0.5) is 10.1 Å². The molecule has 16 heavy (non-hydrogen) atoms. The highest BCUT2D eigenvalue weighted by Crippen LogP contribution is 2.31. The molecule has 0 aliphatic rings. The molecule has 0 unspecified atom stereocenters. The van der Waals surface area contributed by atoms with E-state index in [9.17, 15) is 4.39 Å². The Balaban J connectivity index is 2.31. The Bertz CT molecular complexity index is 527. The molecule has 4 nitrogen and oxygen atoms in total. The highest BCUT2D eigenvalue weighted by atomic mass is 79.9. The summed E-state index contributed by atoms with van der Waals surface area (Å²) in [5, 5.41) is 6.58. The predicted molar refractivity (Wildman–Crippen MR) is 61.9 cm³/mol. The number of nitrogens with zero attached hydrogens (tertiary/aromatic N) is 1. The highest BCUT2D eigenvalue weighted by Gasteiger charge is 2.09. The summed E-state index contributed by atoms with van der Waals surface area (Å²) in [7, 11) is 0. The van der Waals surface area contributed by atoms with Gasteiger partial charge in [-0.15, -0.1) is 5.10 Å². The zero-order valence-corrected chi connectivity index (χ0v) is 10.0.